The second kappa shape index (κ2) is 5.14. The lowest BCUT2D eigenvalue weighted by molar-refractivity contribution is 0.991. The van der Waals surface area contributed by atoms with Crippen LogP contribution in [0.3, 0.4) is 0 Å². The van der Waals surface area contributed by atoms with E-state index in [1.54, 1.807) is 0 Å². The molecule has 2 aromatic rings. The van der Waals surface area contributed by atoms with Crippen LogP contribution >= 0.6 is 0 Å². The standard InChI is InChI=1S/C15H12N2/c16-10-3-5-13-8-7-12-4-1-2-6-14(12)15(13)9-11-17/h1-2,4,6-8H,3,5,9H2. The van der Waals surface area contributed by atoms with E-state index in [9.17, 15) is 0 Å². The third-order valence-electron chi connectivity index (χ3n) is 2.90. The van der Waals surface area contributed by atoms with Gasteiger partial charge in [0.25, 0.3) is 0 Å². The molecule has 2 nitrogen and oxygen atoms in total. The third-order valence-corrected chi connectivity index (χ3v) is 2.90. The SMILES string of the molecule is N#CCCc1ccc2ccccc2c1CC#N. The van der Waals surface area contributed by atoms with Crippen LogP contribution in [0, 0.1) is 22.7 Å². The molecule has 0 aliphatic carbocycles. The zero-order valence-electron chi connectivity index (χ0n) is 9.48. The molecule has 0 N–H and O–H groups in total. The van der Waals surface area contributed by atoms with Gasteiger partial charge in [-0.25, -0.2) is 0 Å². The second-order valence-corrected chi connectivity index (χ2v) is 3.92. The van der Waals surface area contributed by atoms with E-state index >= 15 is 0 Å². The summed E-state index contributed by atoms with van der Waals surface area (Å²) in [5.41, 5.74) is 2.19. The van der Waals surface area contributed by atoms with Gasteiger partial charge in [-0.05, 0) is 28.3 Å². The van der Waals surface area contributed by atoms with Crippen molar-refractivity contribution in [1.29, 1.82) is 10.5 Å². The summed E-state index contributed by atoms with van der Waals surface area (Å²) in [4.78, 5) is 0. The van der Waals surface area contributed by atoms with Gasteiger partial charge in [0.2, 0.25) is 0 Å². The van der Waals surface area contributed by atoms with Crippen molar-refractivity contribution in [3.63, 3.8) is 0 Å². The number of nitrogens with zero attached hydrogens (tertiary/aromatic N) is 2. The van der Waals surface area contributed by atoms with Crippen molar-refractivity contribution < 1.29 is 0 Å². The highest BCUT2D eigenvalue weighted by molar-refractivity contribution is 5.87. The fraction of sp³-hybridized carbons (Fsp3) is 0.200. The molecule has 0 radical (unpaired) electrons. The van der Waals surface area contributed by atoms with E-state index in [0.29, 0.717) is 12.8 Å². The number of hydrogen-bond acceptors (Lipinski definition) is 2. The van der Waals surface area contributed by atoms with Gasteiger partial charge in [-0.15, -0.1) is 0 Å². The van der Waals surface area contributed by atoms with Crippen LogP contribution in [-0.2, 0) is 12.8 Å². The summed E-state index contributed by atoms with van der Waals surface area (Å²) in [5, 5.41) is 19.8. The molecular formula is C15H12N2. The number of hydrogen-bond donors (Lipinski definition) is 0. The van der Waals surface area contributed by atoms with E-state index in [2.05, 4.69) is 18.2 Å². The number of rotatable bonds is 3. The highest BCUT2D eigenvalue weighted by Gasteiger charge is 2.06. The molecule has 0 heterocycles. The summed E-state index contributed by atoms with van der Waals surface area (Å²) < 4.78 is 0. The van der Waals surface area contributed by atoms with Crippen LogP contribution in [0.2, 0.25) is 0 Å². The van der Waals surface area contributed by atoms with Gasteiger partial charge in [0.05, 0.1) is 18.6 Å². The fourth-order valence-electron chi connectivity index (χ4n) is 2.09. The van der Waals surface area contributed by atoms with Gasteiger partial charge in [0, 0.05) is 6.42 Å². The lowest BCUT2D eigenvalue weighted by atomic mass is 9.94. The Morgan fingerprint density at radius 2 is 1.76 bits per heavy atom. The van der Waals surface area contributed by atoms with Crippen LogP contribution in [0.25, 0.3) is 10.8 Å². The first-order valence-electron chi connectivity index (χ1n) is 5.60. The minimum Gasteiger partial charge on any atom is -0.198 e. The van der Waals surface area contributed by atoms with Gasteiger partial charge >= 0.3 is 0 Å². The number of aryl methyl sites for hydroxylation is 1. The maximum Gasteiger partial charge on any atom is 0.0670 e. The normalized spacial score (nSPS) is 9.76. The van der Waals surface area contributed by atoms with Crippen molar-refractivity contribution in [2.45, 2.75) is 19.3 Å². The van der Waals surface area contributed by atoms with Crippen molar-refractivity contribution in [3.05, 3.63) is 47.5 Å². The molecule has 0 aliphatic rings. The molecule has 0 aliphatic heterocycles. The molecule has 0 spiro atoms. The summed E-state index contributed by atoms with van der Waals surface area (Å²) in [7, 11) is 0. The molecule has 82 valence electrons. The highest BCUT2D eigenvalue weighted by Crippen LogP contribution is 2.23. The molecule has 0 atom stereocenters. The number of fused-ring (bicyclic) bond motifs is 1. The van der Waals surface area contributed by atoms with E-state index in [-0.39, 0.29) is 0 Å². The second-order valence-electron chi connectivity index (χ2n) is 3.92. The monoisotopic (exact) mass is 220 g/mol. The minimum atomic E-state index is 0.405. The van der Waals surface area contributed by atoms with E-state index in [1.807, 2.05) is 30.3 Å². The average Bonchev–Trinajstić information content (AvgIpc) is 2.38. The van der Waals surface area contributed by atoms with Crippen LogP contribution in [0.4, 0.5) is 0 Å². The molecule has 0 aromatic heterocycles. The average molecular weight is 220 g/mol. The minimum absolute atomic E-state index is 0.405. The van der Waals surface area contributed by atoms with Gasteiger partial charge in [-0.1, -0.05) is 36.4 Å². The zero-order chi connectivity index (χ0) is 12.1. The van der Waals surface area contributed by atoms with Crippen LogP contribution in [0.1, 0.15) is 17.5 Å². The van der Waals surface area contributed by atoms with Crippen molar-refractivity contribution in [2.75, 3.05) is 0 Å². The molecule has 2 heteroatoms. The Morgan fingerprint density at radius 1 is 0.941 bits per heavy atom. The Labute approximate surface area is 101 Å². The topological polar surface area (TPSA) is 47.6 Å². The predicted molar refractivity (Wildman–Crippen MR) is 67.2 cm³/mol. The molecular weight excluding hydrogens is 208 g/mol. The molecule has 2 aromatic carbocycles. The lowest BCUT2D eigenvalue weighted by Gasteiger charge is -2.09. The zero-order valence-corrected chi connectivity index (χ0v) is 9.48. The first kappa shape index (κ1) is 11.2. The van der Waals surface area contributed by atoms with Crippen molar-refractivity contribution in [1.82, 2.24) is 0 Å². The van der Waals surface area contributed by atoms with Crippen molar-refractivity contribution >= 4 is 10.8 Å². The quantitative estimate of drug-likeness (QED) is 0.796. The van der Waals surface area contributed by atoms with E-state index in [1.165, 1.54) is 0 Å². The van der Waals surface area contributed by atoms with Crippen molar-refractivity contribution in [3.8, 4) is 12.1 Å². The maximum atomic E-state index is 8.91. The molecule has 0 saturated heterocycles. The predicted octanol–water partition coefficient (Wildman–Crippen LogP) is 3.36. The summed E-state index contributed by atoms with van der Waals surface area (Å²) in [6.07, 6.45) is 1.62. The third kappa shape index (κ3) is 2.27. The first-order valence-corrected chi connectivity index (χ1v) is 5.60. The van der Waals surface area contributed by atoms with Gasteiger partial charge in [0.15, 0.2) is 0 Å². The summed E-state index contributed by atoms with van der Waals surface area (Å²) in [6, 6.07) is 16.5. The summed E-state index contributed by atoms with van der Waals surface area (Å²) in [5.74, 6) is 0. The smallest absolute Gasteiger partial charge is 0.0670 e. The number of nitriles is 2. The Kier molecular flexibility index (Phi) is 3.38. The van der Waals surface area contributed by atoms with E-state index in [0.717, 1.165) is 28.3 Å². The first-order chi connectivity index (χ1) is 8.36. The van der Waals surface area contributed by atoms with E-state index in [4.69, 9.17) is 10.5 Å². The van der Waals surface area contributed by atoms with Crippen LogP contribution in [0.5, 0.6) is 0 Å². The van der Waals surface area contributed by atoms with Gasteiger partial charge in [-0.2, -0.15) is 10.5 Å². The number of benzene rings is 2. The molecule has 0 bridgehead atoms. The van der Waals surface area contributed by atoms with Gasteiger partial charge in [0.1, 0.15) is 0 Å². The lowest BCUT2D eigenvalue weighted by Crippen LogP contribution is -1.95. The molecule has 0 fully saturated rings. The van der Waals surface area contributed by atoms with Crippen LogP contribution in [-0.4, -0.2) is 0 Å². The maximum absolute atomic E-state index is 8.91. The Bertz CT molecular complexity index is 615. The van der Waals surface area contributed by atoms with Crippen LogP contribution < -0.4 is 0 Å². The Morgan fingerprint density at radius 3 is 2.53 bits per heavy atom. The van der Waals surface area contributed by atoms with Gasteiger partial charge < -0.3 is 0 Å². The highest BCUT2D eigenvalue weighted by atomic mass is 14.2. The molecule has 0 amide bonds. The summed E-state index contributed by atoms with van der Waals surface area (Å²) in [6.45, 7) is 0. The Balaban J connectivity index is 2.57. The molecule has 2 rings (SSSR count). The molecule has 0 unspecified atom stereocenters. The molecule has 17 heavy (non-hydrogen) atoms. The van der Waals surface area contributed by atoms with E-state index < -0.39 is 0 Å². The summed E-state index contributed by atoms with van der Waals surface area (Å²) >= 11 is 0. The van der Waals surface area contributed by atoms with Crippen molar-refractivity contribution in [2.24, 2.45) is 0 Å². The fourth-order valence-corrected chi connectivity index (χ4v) is 2.09. The Hall–Kier alpha value is -2.32. The van der Waals surface area contributed by atoms with Gasteiger partial charge in [-0.3, -0.25) is 0 Å². The van der Waals surface area contributed by atoms with Crippen LogP contribution in [0.15, 0.2) is 36.4 Å². The largest absolute Gasteiger partial charge is 0.198 e. The molecule has 0 saturated carbocycles.